The third-order valence-electron chi connectivity index (χ3n) is 3.78. The summed E-state index contributed by atoms with van der Waals surface area (Å²) in [5.74, 6) is 0. The summed E-state index contributed by atoms with van der Waals surface area (Å²) in [5, 5.41) is 6.18. The van der Waals surface area contributed by atoms with E-state index < -0.39 is 0 Å². The van der Waals surface area contributed by atoms with Gasteiger partial charge in [-0.3, -0.25) is 4.79 Å². The van der Waals surface area contributed by atoms with Gasteiger partial charge in [-0.15, -0.1) is 12.4 Å². The predicted octanol–water partition coefficient (Wildman–Crippen LogP) is 3.52. The van der Waals surface area contributed by atoms with Gasteiger partial charge in [0.15, 0.2) is 0 Å². The Bertz CT molecular complexity index is 870. The molecule has 2 aromatic carbocycles. The Kier molecular flexibility index (Phi) is 5.19. The molecule has 2 N–H and O–H groups in total. The summed E-state index contributed by atoms with van der Waals surface area (Å²) in [6.45, 7) is 4.44. The van der Waals surface area contributed by atoms with Crippen molar-refractivity contribution in [3.63, 3.8) is 0 Å². The molecule has 0 unspecified atom stereocenters. The van der Waals surface area contributed by atoms with E-state index in [9.17, 15) is 4.79 Å². The van der Waals surface area contributed by atoms with Gasteiger partial charge >= 0.3 is 0 Å². The van der Waals surface area contributed by atoms with Crippen molar-refractivity contribution in [2.75, 3.05) is 0 Å². The molecule has 0 fully saturated rings. The third-order valence-corrected chi connectivity index (χ3v) is 3.78. The van der Waals surface area contributed by atoms with Crippen LogP contribution >= 0.6 is 12.4 Å². The zero-order chi connectivity index (χ0) is 15.7. The van der Waals surface area contributed by atoms with Gasteiger partial charge in [0.05, 0.1) is 17.1 Å². The Balaban J connectivity index is 0.00000192. The van der Waals surface area contributed by atoms with Crippen LogP contribution in [0.15, 0.2) is 53.3 Å². The van der Waals surface area contributed by atoms with E-state index in [0.29, 0.717) is 11.9 Å². The second-order valence-corrected chi connectivity index (χ2v) is 5.64. The number of aromatic nitrogens is 2. The molecule has 4 nitrogen and oxygen atoms in total. The molecule has 23 heavy (non-hydrogen) atoms. The Morgan fingerprint density at radius 3 is 2.22 bits per heavy atom. The predicted molar refractivity (Wildman–Crippen MR) is 97.0 cm³/mol. The van der Waals surface area contributed by atoms with Gasteiger partial charge in [-0.2, -0.15) is 5.10 Å². The van der Waals surface area contributed by atoms with E-state index in [1.54, 1.807) is 4.68 Å². The summed E-state index contributed by atoms with van der Waals surface area (Å²) in [4.78, 5) is 12.5. The minimum Gasteiger partial charge on any atom is -0.326 e. The van der Waals surface area contributed by atoms with E-state index >= 15 is 0 Å². The molecule has 3 rings (SSSR count). The molecule has 1 heterocycles. The summed E-state index contributed by atoms with van der Waals surface area (Å²) >= 11 is 0. The fourth-order valence-corrected chi connectivity index (χ4v) is 2.57. The van der Waals surface area contributed by atoms with Crippen LogP contribution in [0.25, 0.3) is 22.0 Å². The number of halogens is 1. The fourth-order valence-electron chi connectivity index (χ4n) is 2.57. The number of hydrogen-bond donors (Lipinski definition) is 1. The SMILES string of the molecule is CC(C)n1nc(-c2ccc(CN)cc2)c2ccccc2c1=O.Cl. The summed E-state index contributed by atoms with van der Waals surface area (Å²) in [6, 6.07) is 15.6. The topological polar surface area (TPSA) is 60.9 Å². The lowest BCUT2D eigenvalue weighted by molar-refractivity contribution is 0.510. The highest BCUT2D eigenvalue weighted by Crippen LogP contribution is 2.25. The second kappa shape index (κ2) is 6.94. The van der Waals surface area contributed by atoms with Gasteiger partial charge in [-0.05, 0) is 25.5 Å². The first-order valence-corrected chi connectivity index (χ1v) is 7.42. The van der Waals surface area contributed by atoms with Crippen LogP contribution in [0.4, 0.5) is 0 Å². The summed E-state index contributed by atoms with van der Waals surface area (Å²) in [5.41, 5.74) is 8.49. The molecule has 1 aromatic heterocycles. The normalized spacial score (nSPS) is 10.8. The van der Waals surface area contributed by atoms with Crippen LogP contribution in [0.2, 0.25) is 0 Å². The first kappa shape index (κ1) is 17.2. The molecule has 0 aliphatic carbocycles. The van der Waals surface area contributed by atoms with Crippen molar-refractivity contribution in [2.45, 2.75) is 26.4 Å². The van der Waals surface area contributed by atoms with Crippen LogP contribution in [-0.4, -0.2) is 9.78 Å². The van der Waals surface area contributed by atoms with Gasteiger partial charge in [0.25, 0.3) is 5.56 Å². The largest absolute Gasteiger partial charge is 0.326 e. The van der Waals surface area contributed by atoms with Crippen molar-refractivity contribution in [1.29, 1.82) is 0 Å². The molecular weight excluding hydrogens is 310 g/mol. The lowest BCUT2D eigenvalue weighted by Crippen LogP contribution is -2.25. The molecule has 3 aromatic rings. The second-order valence-electron chi connectivity index (χ2n) is 5.64. The zero-order valence-electron chi connectivity index (χ0n) is 13.2. The van der Waals surface area contributed by atoms with E-state index in [1.807, 2.05) is 62.4 Å². The first-order chi connectivity index (χ1) is 10.6. The number of nitrogens with zero attached hydrogens (tertiary/aromatic N) is 2. The molecule has 120 valence electrons. The molecule has 0 bridgehead atoms. The van der Waals surface area contributed by atoms with Crippen LogP contribution in [0, 0.1) is 0 Å². The average Bonchev–Trinajstić information content (AvgIpc) is 2.55. The van der Waals surface area contributed by atoms with Crippen LogP contribution in [0.5, 0.6) is 0 Å². The maximum Gasteiger partial charge on any atom is 0.274 e. The lowest BCUT2D eigenvalue weighted by Gasteiger charge is -2.13. The van der Waals surface area contributed by atoms with Crippen molar-refractivity contribution in [2.24, 2.45) is 5.73 Å². The van der Waals surface area contributed by atoms with E-state index in [0.717, 1.165) is 22.2 Å². The fraction of sp³-hybridized carbons (Fsp3) is 0.222. The number of hydrogen-bond acceptors (Lipinski definition) is 3. The minimum absolute atomic E-state index is 0. The highest BCUT2D eigenvalue weighted by atomic mass is 35.5. The molecule has 0 radical (unpaired) electrons. The summed E-state index contributed by atoms with van der Waals surface area (Å²) < 4.78 is 1.55. The van der Waals surface area contributed by atoms with Crippen LogP contribution < -0.4 is 11.3 Å². The van der Waals surface area contributed by atoms with Gasteiger partial charge in [0.1, 0.15) is 0 Å². The van der Waals surface area contributed by atoms with E-state index in [1.165, 1.54) is 0 Å². The molecular formula is C18H20ClN3O. The molecule has 0 saturated heterocycles. The molecule has 0 amide bonds. The van der Waals surface area contributed by atoms with Gasteiger partial charge in [0, 0.05) is 17.5 Å². The summed E-state index contributed by atoms with van der Waals surface area (Å²) in [7, 11) is 0. The van der Waals surface area contributed by atoms with Crippen LogP contribution in [0.3, 0.4) is 0 Å². The van der Waals surface area contributed by atoms with E-state index in [-0.39, 0.29) is 24.0 Å². The van der Waals surface area contributed by atoms with Gasteiger partial charge in [-0.25, -0.2) is 4.68 Å². The van der Waals surface area contributed by atoms with Gasteiger partial charge < -0.3 is 5.73 Å². The molecule has 0 aliphatic heterocycles. The first-order valence-electron chi connectivity index (χ1n) is 7.42. The Hall–Kier alpha value is -2.17. The molecule has 5 heteroatoms. The lowest BCUT2D eigenvalue weighted by atomic mass is 10.0. The standard InChI is InChI=1S/C18H19N3O.ClH/c1-12(2)21-18(22)16-6-4-3-5-15(16)17(20-21)14-9-7-13(11-19)8-10-14;/h3-10,12H,11,19H2,1-2H3;1H. The van der Waals surface area contributed by atoms with Gasteiger partial charge in [-0.1, -0.05) is 42.5 Å². The number of rotatable bonds is 3. The van der Waals surface area contributed by atoms with Crippen molar-refractivity contribution >= 4 is 23.2 Å². The Morgan fingerprint density at radius 2 is 1.65 bits per heavy atom. The van der Waals surface area contributed by atoms with Crippen LogP contribution in [0.1, 0.15) is 25.5 Å². The quantitative estimate of drug-likeness (QED) is 0.799. The molecule has 0 aliphatic rings. The maximum absolute atomic E-state index is 12.5. The van der Waals surface area contributed by atoms with E-state index in [2.05, 4.69) is 5.10 Å². The van der Waals surface area contributed by atoms with Crippen molar-refractivity contribution in [1.82, 2.24) is 9.78 Å². The number of nitrogens with two attached hydrogens (primary N) is 1. The van der Waals surface area contributed by atoms with Crippen molar-refractivity contribution < 1.29 is 0 Å². The van der Waals surface area contributed by atoms with E-state index in [4.69, 9.17) is 5.73 Å². The minimum atomic E-state index is -0.0482. The molecule has 0 atom stereocenters. The third kappa shape index (κ3) is 3.14. The van der Waals surface area contributed by atoms with Crippen molar-refractivity contribution in [3.8, 4) is 11.3 Å². The average molecular weight is 330 g/mol. The Labute approximate surface area is 141 Å². The maximum atomic E-state index is 12.5. The molecule has 0 spiro atoms. The monoisotopic (exact) mass is 329 g/mol. The number of fused-ring (bicyclic) bond motifs is 1. The van der Waals surface area contributed by atoms with Crippen molar-refractivity contribution in [3.05, 3.63) is 64.4 Å². The Morgan fingerprint density at radius 1 is 1.04 bits per heavy atom. The zero-order valence-corrected chi connectivity index (χ0v) is 14.0. The summed E-state index contributed by atoms with van der Waals surface area (Å²) in [6.07, 6.45) is 0. The molecule has 0 saturated carbocycles. The highest BCUT2D eigenvalue weighted by Gasteiger charge is 2.13. The highest BCUT2D eigenvalue weighted by molar-refractivity contribution is 5.93. The smallest absolute Gasteiger partial charge is 0.274 e. The van der Waals surface area contributed by atoms with Crippen LogP contribution in [-0.2, 0) is 6.54 Å². The number of benzene rings is 2. The van der Waals surface area contributed by atoms with Gasteiger partial charge in [0.2, 0.25) is 0 Å².